The van der Waals surface area contributed by atoms with Crippen LogP contribution in [0.3, 0.4) is 0 Å². The van der Waals surface area contributed by atoms with Crippen LogP contribution in [0.5, 0.6) is 0 Å². The predicted octanol–water partition coefficient (Wildman–Crippen LogP) is 5.93. The third-order valence-corrected chi connectivity index (χ3v) is 7.28. The fourth-order valence-electron chi connectivity index (χ4n) is 5.48. The van der Waals surface area contributed by atoms with Gasteiger partial charge in [0.25, 0.3) is 5.91 Å². The summed E-state index contributed by atoms with van der Waals surface area (Å²) >= 11 is 0. The zero-order valence-corrected chi connectivity index (χ0v) is 19.8. The molecule has 3 N–H and O–H groups in total. The summed E-state index contributed by atoms with van der Waals surface area (Å²) < 4.78 is 0. The molecule has 1 saturated carbocycles. The maximum Gasteiger partial charge on any atom is 0.252 e. The van der Waals surface area contributed by atoms with Crippen LogP contribution >= 0.6 is 0 Å². The van der Waals surface area contributed by atoms with Crippen molar-refractivity contribution in [3.63, 3.8) is 0 Å². The molecular weight excluding hydrogens is 420 g/mol. The van der Waals surface area contributed by atoms with E-state index in [1.165, 1.54) is 0 Å². The Morgan fingerprint density at radius 1 is 0.794 bits per heavy atom. The Balaban J connectivity index is 1.39. The number of aryl methyl sites for hydroxylation is 2. The van der Waals surface area contributed by atoms with Gasteiger partial charge in [0.2, 0.25) is 0 Å². The Hall–Kier alpha value is -3.21. The number of benzene rings is 4. The molecule has 1 unspecified atom stereocenters. The highest BCUT2D eigenvalue weighted by molar-refractivity contribution is 6.08. The first-order valence-corrected chi connectivity index (χ1v) is 12.2. The summed E-state index contributed by atoms with van der Waals surface area (Å²) in [6.07, 6.45) is 3.17. The number of hydrogen-bond acceptors (Lipinski definition) is 3. The van der Waals surface area contributed by atoms with E-state index >= 15 is 0 Å². The van der Waals surface area contributed by atoms with Gasteiger partial charge in [-0.3, -0.25) is 10.1 Å². The molecular formula is C30H32N2O2. The average Bonchev–Trinajstić information content (AvgIpc) is 2.85. The van der Waals surface area contributed by atoms with Crippen LogP contribution in [0, 0.1) is 13.8 Å². The molecule has 4 aromatic carbocycles. The van der Waals surface area contributed by atoms with E-state index in [0.717, 1.165) is 69.5 Å². The molecule has 0 aromatic heterocycles. The molecule has 0 spiro atoms. The minimum absolute atomic E-state index is 0.00125. The van der Waals surface area contributed by atoms with Crippen molar-refractivity contribution in [2.45, 2.75) is 57.8 Å². The largest absolute Gasteiger partial charge is 0.374 e. The molecule has 0 saturated heterocycles. The van der Waals surface area contributed by atoms with Crippen LogP contribution in [0.4, 0.5) is 0 Å². The van der Waals surface area contributed by atoms with Crippen LogP contribution in [-0.2, 0) is 0 Å². The Kier molecular flexibility index (Phi) is 6.36. The second-order valence-corrected chi connectivity index (χ2v) is 9.54. The number of carbonyl (C=O) groups is 1. The van der Waals surface area contributed by atoms with Crippen molar-refractivity contribution in [3.05, 3.63) is 95.1 Å². The van der Waals surface area contributed by atoms with Crippen LogP contribution < -0.4 is 10.6 Å². The van der Waals surface area contributed by atoms with E-state index in [1.807, 2.05) is 56.3 Å². The summed E-state index contributed by atoms with van der Waals surface area (Å²) in [5.41, 5.74) is 3.69. The lowest BCUT2D eigenvalue weighted by Crippen LogP contribution is -2.52. The molecule has 3 atom stereocenters. The second kappa shape index (κ2) is 9.57. The highest BCUT2D eigenvalue weighted by atomic mass is 16.3. The quantitative estimate of drug-likeness (QED) is 0.329. The standard InChI is InChI=1S/C30H32N2O2/c1-19-15-17-21-9-3-5-11-23(21)27(19)29(33)31-25-13-7-8-14-26(25)32-30(34)28-20(2)16-18-22-10-4-6-12-24(22)28/h3-6,9-12,15-18,25-26,29,31,33H,7-8,13-14H2,1-2H3,(H,32,34)/t25-,26-,29?/m1/s1. The van der Waals surface area contributed by atoms with Crippen LogP contribution in [-0.4, -0.2) is 23.1 Å². The molecule has 1 aliphatic rings. The van der Waals surface area contributed by atoms with Crippen LogP contribution in [0.1, 0.15) is 59.0 Å². The number of nitrogens with one attached hydrogen (secondary N) is 2. The first-order valence-electron chi connectivity index (χ1n) is 12.2. The molecule has 1 amide bonds. The lowest BCUT2D eigenvalue weighted by molar-refractivity contribution is 0.0840. The maximum atomic E-state index is 13.5. The van der Waals surface area contributed by atoms with Crippen LogP contribution in [0.2, 0.25) is 0 Å². The molecule has 0 aliphatic heterocycles. The smallest absolute Gasteiger partial charge is 0.252 e. The van der Waals surface area contributed by atoms with Gasteiger partial charge in [0.05, 0.1) is 5.56 Å². The van der Waals surface area contributed by atoms with Crippen molar-refractivity contribution in [1.29, 1.82) is 0 Å². The molecule has 0 bridgehead atoms. The van der Waals surface area contributed by atoms with E-state index in [4.69, 9.17) is 0 Å². The Morgan fingerprint density at radius 2 is 1.38 bits per heavy atom. The molecule has 4 nitrogen and oxygen atoms in total. The third-order valence-electron chi connectivity index (χ3n) is 7.28. The Morgan fingerprint density at radius 3 is 2.12 bits per heavy atom. The molecule has 1 aliphatic carbocycles. The van der Waals surface area contributed by atoms with E-state index in [2.05, 4.69) is 41.0 Å². The molecule has 174 valence electrons. The van der Waals surface area contributed by atoms with Crippen molar-refractivity contribution in [2.24, 2.45) is 0 Å². The topological polar surface area (TPSA) is 61.4 Å². The monoisotopic (exact) mass is 452 g/mol. The number of aliphatic hydroxyl groups excluding tert-OH is 1. The van der Waals surface area contributed by atoms with Gasteiger partial charge >= 0.3 is 0 Å². The number of amides is 1. The Labute approximate surface area is 201 Å². The van der Waals surface area contributed by atoms with E-state index in [9.17, 15) is 9.90 Å². The number of rotatable bonds is 5. The summed E-state index contributed by atoms with van der Waals surface area (Å²) in [6.45, 7) is 4.03. The van der Waals surface area contributed by atoms with Gasteiger partial charge in [0.1, 0.15) is 6.23 Å². The van der Waals surface area contributed by atoms with Crippen molar-refractivity contribution in [2.75, 3.05) is 0 Å². The lowest BCUT2D eigenvalue weighted by atomic mass is 9.88. The number of carbonyl (C=O) groups excluding carboxylic acids is 1. The van der Waals surface area contributed by atoms with Gasteiger partial charge in [0.15, 0.2) is 0 Å². The summed E-state index contributed by atoms with van der Waals surface area (Å²) in [6, 6.07) is 24.4. The highest BCUT2D eigenvalue weighted by Gasteiger charge is 2.30. The minimum atomic E-state index is -0.798. The fraction of sp³-hybridized carbons (Fsp3) is 0.300. The van der Waals surface area contributed by atoms with Gasteiger partial charge in [-0.15, -0.1) is 0 Å². The predicted molar refractivity (Wildman–Crippen MR) is 139 cm³/mol. The Bertz CT molecular complexity index is 1350. The summed E-state index contributed by atoms with van der Waals surface area (Å²) in [4.78, 5) is 13.5. The molecule has 34 heavy (non-hydrogen) atoms. The van der Waals surface area contributed by atoms with Gasteiger partial charge in [0, 0.05) is 17.6 Å². The summed E-state index contributed by atoms with van der Waals surface area (Å²) in [5.74, 6) is -0.0381. The summed E-state index contributed by atoms with van der Waals surface area (Å²) in [5, 5.41) is 22.3. The second-order valence-electron chi connectivity index (χ2n) is 9.54. The highest BCUT2D eigenvalue weighted by Crippen LogP contribution is 2.29. The average molecular weight is 453 g/mol. The molecule has 0 radical (unpaired) electrons. The molecule has 1 fully saturated rings. The van der Waals surface area contributed by atoms with Crippen molar-refractivity contribution < 1.29 is 9.90 Å². The first-order chi connectivity index (χ1) is 16.5. The summed E-state index contributed by atoms with van der Waals surface area (Å²) in [7, 11) is 0. The van der Waals surface area contributed by atoms with Crippen LogP contribution in [0.15, 0.2) is 72.8 Å². The van der Waals surface area contributed by atoms with Crippen LogP contribution in [0.25, 0.3) is 21.5 Å². The molecule has 4 aromatic rings. The molecule has 0 heterocycles. The van der Waals surface area contributed by atoms with E-state index in [-0.39, 0.29) is 18.0 Å². The minimum Gasteiger partial charge on any atom is -0.374 e. The van der Waals surface area contributed by atoms with E-state index < -0.39 is 6.23 Å². The van der Waals surface area contributed by atoms with E-state index in [1.54, 1.807) is 0 Å². The zero-order valence-electron chi connectivity index (χ0n) is 19.8. The zero-order chi connectivity index (χ0) is 23.7. The lowest BCUT2D eigenvalue weighted by Gasteiger charge is -2.35. The van der Waals surface area contributed by atoms with E-state index in [0.29, 0.717) is 0 Å². The van der Waals surface area contributed by atoms with Crippen molar-refractivity contribution in [1.82, 2.24) is 10.6 Å². The van der Waals surface area contributed by atoms with Crippen molar-refractivity contribution in [3.8, 4) is 0 Å². The van der Waals surface area contributed by atoms with Gasteiger partial charge in [-0.25, -0.2) is 0 Å². The SMILES string of the molecule is Cc1ccc2ccccc2c1C(=O)N[C@@H]1CCCC[C@H]1NC(O)c1c(C)ccc2ccccc12. The number of aliphatic hydroxyl groups is 1. The van der Waals surface area contributed by atoms with Gasteiger partial charge < -0.3 is 10.4 Å². The van der Waals surface area contributed by atoms with Gasteiger partial charge in [-0.1, -0.05) is 85.6 Å². The normalized spacial score (nSPS) is 19.3. The molecule has 5 rings (SSSR count). The van der Waals surface area contributed by atoms with Gasteiger partial charge in [-0.2, -0.15) is 0 Å². The van der Waals surface area contributed by atoms with Gasteiger partial charge in [-0.05, 0) is 59.4 Å². The first kappa shape index (κ1) is 22.6. The van der Waals surface area contributed by atoms with Crippen molar-refractivity contribution >= 4 is 27.5 Å². The number of fused-ring (bicyclic) bond motifs is 2. The third kappa shape index (κ3) is 4.31. The fourth-order valence-corrected chi connectivity index (χ4v) is 5.48. The molecule has 4 heteroatoms. The number of hydrogen-bond donors (Lipinski definition) is 3. The maximum absolute atomic E-state index is 13.5.